The van der Waals surface area contributed by atoms with Gasteiger partial charge in [-0.1, -0.05) is 33.1 Å². The van der Waals surface area contributed by atoms with Crippen LogP contribution in [0.3, 0.4) is 0 Å². The largest absolute Gasteiger partial charge is 0.388 e. The summed E-state index contributed by atoms with van der Waals surface area (Å²) in [6.45, 7) is 4.39. The molecule has 3 rings (SSSR count). The van der Waals surface area contributed by atoms with Crippen LogP contribution in [-0.2, 0) is 0 Å². The smallest absolute Gasteiger partial charge is 0.0992 e. The van der Waals surface area contributed by atoms with Gasteiger partial charge in [-0.15, -0.1) is 0 Å². The molecule has 3 heteroatoms. The third-order valence-corrected chi connectivity index (χ3v) is 4.68. The molecule has 1 saturated carbocycles. The van der Waals surface area contributed by atoms with E-state index < -0.39 is 0 Å². The Hall–Kier alpha value is -1.35. The number of aliphatic hydroxyl groups is 1. The highest BCUT2D eigenvalue weighted by Crippen LogP contribution is 2.38. The van der Waals surface area contributed by atoms with Crippen molar-refractivity contribution in [2.75, 3.05) is 0 Å². The number of nitrogens with zero attached hydrogens (tertiary/aromatic N) is 2. The summed E-state index contributed by atoms with van der Waals surface area (Å²) in [4.78, 5) is 4.24. The number of aromatic nitrogens is 2. The summed E-state index contributed by atoms with van der Waals surface area (Å²) in [6, 6.07) is 2.14. The van der Waals surface area contributed by atoms with Gasteiger partial charge in [-0.2, -0.15) is 0 Å². The van der Waals surface area contributed by atoms with Crippen LogP contribution in [0.2, 0.25) is 0 Å². The van der Waals surface area contributed by atoms with E-state index in [1.54, 1.807) is 0 Å². The first-order valence-corrected chi connectivity index (χ1v) is 7.81. The second-order valence-corrected chi connectivity index (χ2v) is 6.37. The zero-order chi connectivity index (χ0) is 14.1. The molecular formula is C17H24N2O. The second kappa shape index (κ2) is 5.57. The number of fused-ring (bicyclic) bond motifs is 1. The van der Waals surface area contributed by atoms with Gasteiger partial charge >= 0.3 is 0 Å². The molecule has 0 aromatic carbocycles. The molecule has 0 amide bonds. The minimum atomic E-state index is -0.354. The van der Waals surface area contributed by atoms with E-state index in [0.717, 1.165) is 23.9 Å². The molecule has 0 aliphatic heterocycles. The van der Waals surface area contributed by atoms with Gasteiger partial charge in [0.15, 0.2) is 0 Å². The molecule has 20 heavy (non-hydrogen) atoms. The normalized spacial score (nSPS) is 18.8. The number of imidazole rings is 1. The van der Waals surface area contributed by atoms with Gasteiger partial charge in [-0.3, -0.25) is 0 Å². The molecule has 0 unspecified atom stereocenters. The van der Waals surface area contributed by atoms with Crippen molar-refractivity contribution in [3.05, 3.63) is 35.9 Å². The molecule has 1 aliphatic carbocycles. The molecule has 2 aromatic heterocycles. The molecule has 2 aromatic rings. The lowest BCUT2D eigenvalue weighted by molar-refractivity contribution is 0.0848. The highest BCUT2D eigenvalue weighted by Gasteiger charge is 2.27. The number of hydrogen-bond acceptors (Lipinski definition) is 2. The molecule has 1 N–H and O–H groups in total. The molecule has 1 fully saturated rings. The Labute approximate surface area is 120 Å². The van der Waals surface area contributed by atoms with Crippen molar-refractivity contribution in [2.24, 2.45) is 5.92 Å². The predicted octanol–water partition coefficient (Wildman–Crippen LogP) is 4.07. The van der Waals surface area contributed by atoms with Crippen LogP contribution < -0.4 is 0 Å². The van der Waals surface area contributed by atoms with Crippen molar-refractivity contribution >= 4 is 5.52 Å². The third kappa shape index (κ3) is 2.35. The Balaban J connectivity index is 2.06. The van der Waals surface area contributed by atoms with Crippen molar-refractivity contribution in [3.63, 3.8) is 0 Å². The second-order valence-electron chi connectivity index (χ2n) is 6.37. The van der Waals surface area contributed by atoms with Crippen molar-refractivity contribution in [1.82, 2.24) is 9.38 Å². The first-order chi connectivity index (χ1) is 9.68. The van der Waals surface area contributed by atoms with Crippen molar-refractivity contribution in [1.29, 1.82) is 0 Å². The van der Waals surface area contributed by atoms with Gasteiger partial charge in [0.05, 0.1) is 24.1 Å². The van der Waals surface area contributed by atoms with Crippen LogP contribution in [0.4, 0.5) is 0 Å². The van der Waals surface area contributed by atoms with E-state index in [-0.39, 0.29) is 6.10 Å². The highest BCUT2D eigenvalue weighted by molar-refractivity contribution is 5.58. The lowest BCUT2D eigenvalue weighted by Gasteiger charge is -2.29. The molecule has 0 spiro atoms. The Morgan fingerprint density at radius 2 is 2.00 bits per heavy atom. The van der Waals surface area contributed by atoms with E-state index in [2.05, 4.69) is 31.1 Å². The summed E-state index contributed by atoms with van der Waals surface area (Å²) in [5.74, 6) is 0.825. The molecular weight excluding hydrogens is 248 g/mol. The number of rotatable bonds is 3. The maximum absolute atomic E-state index is 11.0. The van der Waals surface area contributed by atoms with Gasteiger partial charge in [0.1, 0.15) is 0 Å². The van der Waals surface area contributed by atoms with Crippen LogP contribution in [0, 0.1) is 5.92 Å². The van der Waals surface area contributed by atoms with Crippen LogP contribution in [-0.4, -0.2) is 14.5 Å². The minimum Gasteiger partial charge on any atom is -0.388 e. The van der Waals surface area contributed by atoms with Crippen LogP contribution in [0.5, 0.6) is 0 Å². The molecule has 3 nitrogen and oxygen atoms in total. The zero-order valence-electron chi connectivity index (χ0n) is 12.4. The first-order valence-electron chi connectivity index (χ1n) is 7.81. The van der Waals surface area contributed by atoms with E-state index in [1.165, 1.54) is 24.8 Å². The lowest BCUT2D eigenvalue weighted by Crippen LogP contribution is -2.18. The summed E-state index contributed by atoms with van der Waals surface area (Å²) in [5.41, 5.74) is 3.43. The van der Waals surface area contributed by atoms with Crippen LogP contribution >= 0.6 is 0 Å². The molecule has 1 aliphatic rings. The molecule has 0 bridgehead atoms. The van der Waals surface area contributed by atoms with Gasteiger partial charge in [0, 0.05) is 11.8 Å². The number of pyridine rings is 1. The maximum atomic E-state index is 11.0. The Morgan fingerprint density at radius 1 is 1.25 bits per heavy atom. The van der Waals surface area contributed by atoms with E-state index in [4.69, 9.17) is 0 Å². The lowest BCUT2D eigenvalue weighted by atomic mass is 9.80. The van der Waals surface area contributed by atoms with E-state index in [0.29, 0.717) is 11.8 Å². The summed E-state index contributed by atoms with van der Waals surface area (Å²) < 4.78 is 2.02. The van der Waals surface area contributed by atoms with Crippen LogP contribution in [0.25, 0.3) is 5.52 Å². The van der Waals surface area contributed by atoms with Crippen molar-refractivity contribution < 1.29 is 5.11 Å². The van der Waals surface area contributed by atoms with Crippen molar-refractivity contribution in [2.45, 2.75) is 58.0 Å². The quantitative estimate of drug-likeness (QED) is 0.914. The van der Waals surface area contributed by atoms with Gasteiger partial charge in [-0.25, -0.2) is 4.98 Å². The van der Waals surface area contributed by atoms with Gasteiger partial charge in [-0.05, 0) is 36.3 Å². The van der Waals surface area contributed by atoms with Crippen LogP contribution in [0.1, 0.15) is 69.1 Å². The molecule has 108 valence electrons. The van der Waals surface area contributed by atoms with Gasteiger partial charge in [0.2, 0.25) is 0 Å². The van der Waals surface area contributed by atoms with Gasteiger partial charge in [0.25, 0.3) is 0 Å². The molecule has 0 radical (unpaired) electrons. The Kier molecular flexibility index (Phi) is 3.79. The van der Waals surface area contributed by atoms with Crippen molar-refractivity contribution in [3.8, 4) is 0 Å². The molecule has 0 saturated heterocycles. The number of hydrogen-bond donors (Lipinski definition) is 1. The van der Waals surface area contributed by atoms with Crippen LogP contribution in [0.15, 0.2) is 24.8 Å². The summed E-state index contributed by atoms with van der Waals surface area (Å²) in [5, 5.41) is 11.0. The molecule has 1 atom stereocenters. The van der Waals surface area contributed by atoms with E-state index in [1.807, 2.05) is 16.9 Å². The fraction of sp³-hybridized carbons (Fsp3) is 0.588. The fourth-order valence-electron chi connectivity index (χ4n) is 3.54. The average molecular weight is 272 g/mol. The zero-order valence-corrected chi connectivity index (χ0v) is 12.4. The average Bonchev–Trinajstić information content (AvgIpc) is 2.94. The fourth-order valence-corrected chi connectivity index (χ4v) is 3.54. The van der Waals surface area contributed by atoms with E-state index >= 15 is 0 Å². The Bertz CT molecular complexity index is 582. The summed E-state index contributed by atoms with van der Waals surface area (Å²) >= 11 is 0. The van der Waals surface area contributed by atoms with Gasteiger partial charge < -0.3 is 9.51 Å². The third-order valence-electron chi connectivity index (χ3n) is 4.68. The van der Waals surface area contributed by atoms with E-state index in [9.17, 15) is 5.11 Å². The predicted molar refractivity (Wildman–Crippen MR) is 80.8 cm³/mol. The topological polar surface area (TPSA) is 37.5 Å². The minimum absolute atomic E-state index is 0.354. The highest BCUT2D eigenvalue weighted by atomic mass is 16.3. The SMILES string of the molecule is CC(C)c1ccn2cncc2c1[C@@H](O)C1CCCCC1. The first kappa shape index (κ1) is 13.6. The summed E-state index contributed by atoms with van der Waals surface area (Å²) in [7, 11) is 0. The Morgan fingerprint density at radius 3 is 2.70 bits per heavy atom. The standard InChI is InChI=1S/C17H24N2O/c1-12(2)14-8-9-19-11-18-10-15(19)16(14)17(20)13-6-4-3-5-7-13/h8-13,17,20H,3-7H2,1-2H3/t17-/m0/s1. The monoisotopic (exact) mass is 272 g/mol. The maximum Gasteiger partial charge on any atom is 0.0992 e. The molecule has 2 heterocycles. The summed E-state index contributed by atoms with van der Waals surface area (Å²) in [6.07, 6.45) is 11.5. The number of aliphatic hydroxyl groups excluding tert-OH is 1.